The van der Waals surface area contributed by atoms with Crippen molar-refractivity contribution in [3.05, 3.63) is 84.0 Å². The first kappa shape index (κ1) is 46.8. The molecule has 2 heterocycles. The molecule has 328 valence electrons. The minimum Gasteiger partial charge on any atom is -0.493 e. The summed E-state index contributed by atoms with van der Waals surface area (Å²) in [5, 5.41) is 4.67. The van der Waals surface area contributed by atoms with Gasteiger partial charge in [0.1, 0.15) is 11.5 Å². The third-order valence-corrected chi connectivity index (χ3v) is 15.0. The zero-order valence-electron chi connectivity index (χ0n) is 35.0. The maximum absolute atomic E-state index is 12.5. The summed E-state index contributed by atoms with van der Waals surface area (Å²) in [5.41, 5.74) is 1.94. The third kappa shape index (κ3) is 17.0. The number of carbonyl (C=O) groups excluding carboxylic acids is 4. The number of hydrogen-bond donors (Lipinski definition) is 2. The number of rotatable bonds is 22. The van der Waals surface area contributed by atoms with Crippen LogP contribution in [0.2, 0.25) is 0 Å². The van der Waals surface area contributed by atoms with Gasteiger partial charge in [0, 0.05) is 24.7 Å². The smallest absolute Gasteiger partial charge is 0.229 e. The number of allylic oxidation sites excluding steroid dienone is 4. The van der Waals surface area contributed by atoms with Crippen LogP contribution in [-0.4, -0.2) is 76.7 Å². The highest BCUT2D eigenvalue weighted by molar-refractivity contribution is 7.91. The molecule has 60 heavy (non-hydrogen) atoms. The molecular weight excluding hydrogens is 805 g/mol. The van der Waals surface area contributed by atoms with Crippen LogP contribution >= 0.6 is 0 Å². The van der Waals surface area contributed by atoms with Crippen molar-refractivity contribution >= 4 is 43.3 Å². The highest BCUT2D eigenvalue weighted by atomic mass is 32.2. The van der Waals surface area contributed by atoms with E-state index in [1.807, 2.05) is 86.7 Å². The molecule has 4 fully saturated rings. The van der Waals surface area contributed by atoms with Gasteiger partial charge in [0.15, 0.2) is 19.7 Å². The van der Waals surface area contributed by atoms with E-state index in [0.29, 0.717) is 63.2 Å². The summed E-state index contributed by atoms with van der Waals surface area (Å²) in [6, 6.07) is 15.5. The van der Waals surface area contributed by atoms with Crippen molar-refractivity contribution in [3.8, 4) is 11.5 Å². The standard InChI is InChI=1S/2C23H31NO5S/c2*1-17(20-7-5-8-21(14-20)29-15-18-9-10-18)16-30(27,28)13-4-2-3-6-19-11-12-22(25)24-23(19)26/h2*2-3,5,7-8,14,17-19H,4,6,9-13,15-16H2,1H3,(H,24,25,26)/b2*3-2+/t2*17-,19?/m00/s1. The molecule has 6 rings (SSSR count). The molecular formula is C46H62N2O10S2. The van der Waals surface area contributed by atoms with Gasteiger partial charge >= 0.3 is 0 Å². The topological polar surface area (TPSA) is 179 Å². The van der Waals surface area contributed by atoms with E-state index in [1.54, 1.807) is 0 Å². The van der Waals surface area contributed by atoms with Crippen molar-refractivity contribution in [2.24, 2.45) is 23.7 Å². The van der Waals surface area contributed by atoms with Crippen LogP contribution in [0, 0.1) is 23.7 Å². The van der Waals surface area contributed by atoms with Gasteiger partial charge in [0.2, 0.25) is 23.6 Å². The Balaban J connectivity index is 0.000000228. The fourth-order valence-electron chi connectivity index (χ4n) is 7.12. The van der Waals surface area contributed by atoms with Crippen LogP contribution in [0.5, 0.6) is 11.5 Å². The number of nitrogens with one attached hydrogen (secondary N) is 2. The Bertz CT molecular complexity index is 1920. The zero-order chi connectivity index (χ0) is 43.1. The van der Waals surface area contributed by atoms with Gasteiger partial charge in [-0.1, -0.05) is 62.4 Å². The Morgan fingerprint density at radius 2 is 1.00 bits per heavy atom. The zero-order valence-corrected chi connectivity index (χ0v) is 36.7. The second kappa shape index (κ2) is 22.5. The van der Waals surface area contributed by atoms with Crippen LogP contribution in [0.1, 0.15) is 114 Å². The fraction of sp³-hybridized carbons (Fsp3) is 0.565. The van der Waals surface area contributed by atoms with Crippen LogP contribution < -0.4 is 20.1 Å². The minimum absolute atomic E-state index is 0.0844. The van der Waals surface area contributed by atoms with E-state index in [2.05, 4.69) is 10.6 Å². The number of ether oxygens (including phenoxy) is 2. The maximum atomic E-state index is 12.5. The SMILES string of the molecule is C[C@@H](CS(=O)(=O)CC/C=C/CC1CCC(=O)NC1=O)c1cccc(OCC2CC2)c1.C[C@@H](CS(=O)(=O)CC/C=C/CC1CCC(=O)NC1=O)c1cccc(OCC2CC2)c1. The number of hydrogen-bond acceptors (Lipinski definition) is 10. The molecule has 2 aromatic carbocycles. The Morgan fingerprint density at radius 1 is 0.600 bits per heavy atom. The van der Waals surface area contributed by atoms with E-state index in [-0.39, 0.29) is 70.3 Å². The summed E-state index contributed by atoms with van der Waals surface area (Å²) in [6.07, 6.45) is 16.0. The third-order valence-electron chi connectivity index (χ3n) is 11.3. The van der Waals surface area contributed by atoms with Crippen molar-refractivity contribution in [3.63, 3.8) is 0 Å². The van der Waals surface area contributed by atoms with Gasteiger partial charge < -0.3 is 9.47 Å². The predicted molar refractivity (Wildman–Crippen MR) is 232 cm³/mol. The van der Waals surface area contributed by atoms with Crippen molar-refractivity contribution in [1.29, 1.82) is 0 Å². The number of piperidine rings is 2. The van der Waals surface area contributed by atoms with E-state index in [0.717, 1.165) is 35.8 Å². The molecule has 12 nitrogen and oxygen atoms in total. The molecule has 2 aliphatic carbocycles. The highest BCUT2D eigenvalue weighted by Gasteiger charge is 2.27. The van der Waals surface area contributed by atoms with Gasteiger partial charge in [0.05, 0.1) is 36.2 Å². The highest BCUT2D eigenvalue weighted by Crippen LogP contribution is 2.31. The first-order valence-electron chi connectivity index (χ1n) is 21.5. The van der Waals surface area contributed by atoms with Gasteiger partial charge in [-0.2, -0.15) is 0 Å². The van der Waals surface area contributed by atoms with E-state index < -0.39 is 19.7 Å². The Kier molecular flexibility index (Phi) is 17.5. The van der Waals surface area contributed by atoms with Gasteiger partial charge in [-0.3, -0.25) is 29.8 Å². The normalized spacial score (nSPS) is 20.9. The fourth-order valence-corrected chi connectivity index (χ4v) is 10.4. The van der Waals surface area contributed by atoms with Crippen molar-refractivity contribution in [2.45, 2.75) is 103 Å². The number of sulfone groups is 2. The van der Waals surface area contributed by atoms with Gasteiger partial charge in [-0.25, -0.2) is 16.8 Å². The summed E-state index contributed by atoms with van der Waals surface area (Å²) in [7, 11) is -6.39. The summed E-state index contributed by atoms with van der Waals surface area (Å²) >= 11 is 0. The molecule has 14 heteroatoms. The van der Waals surface area contributed by atoms with Crippen LogP contribution in [-0.2, 0) is 38.9 Å². The van der Waals surface area contributed by atoms with E-state index >= 15 is 0 Å². The first-order valence-corrected chi connectivity index (χ1v) is 25.1. The van der Waals surface area contributed by atoms with Crippen LogP contribution in [0.25, 0.3) is 0 Å². The molecule has 0 aromatic heterocycles. The summed E-state index contributed by atoms with van der Waals surface area (Å²) in [4.78, 5) is 45.7. The summed E-state index contributed by atoms with van der Waals surface area (Å²) in [6.45, 7) is 5.33. The van der Waals surface area contributed by atoms with Crippen molar-refractivity contribution in [1.82, 2.24) is 10.6 Å². The average Bonchev–Trinajstić information content (AvgIpc) is 4.14. The average molecular weight is 867 g/mol. The summed E-state index contributed by atoms with van der Waals surface area (Å²) < 4.78 is 61.6. The molecule has 4 aliphatic rings. The molecule has 4 atom stereocenters. The Morgan fingerprint density at radius 3 is 1.37 bits per heavy atom. The Hall–Kier alpha value is -4.30. The lowest BCUT2D eigenvalue weighted by Gasteiger charge is -2.19. The quantitative estimate of drug-likeness (QED) is 0.0949. The largest absolute Gasteiger partial charge is 0.493 e. The minimum atomic E-state index is -3.20. The van der Waals surface area contributed by atoms with Crippen LogP contribution in [0.3, 0.4) is 0 Å². The van der Waals surface area contributed by atoms with E-state index in [9.17, 15) is 36.0 Å². The molecule has 2 unspecified atom stereocenters. The molecule has 2 saturated carbocycles. The van der Waals surface area contributed by atoms with Gasteiger partial charge in [-0.15, -0.1) is 0 Å². The number of benzene rings is 2. The molecule has 2 aliphatic heterocycles. The number of amides is 4. The second-order valence-electron chi connectivity index (χ2n) is 17.0. The molecule has 2 N–H and O–H groups in total. The van der Waals surface area contributed by atoms with Crippen LogP contribution in [0.4, 0.5) is 0 Å². The maximum Gasteiger partial charge on any atom is 0.229 e. The molecule has 0 spiro atoms. The molecule has 2 saturated heterocycles. The summed E-state index contributed by atoms with van der Waals surface area (Å²) in [5.74, 6) is 1.79. The van der Waals surface area contributed by atoms with Gasteiger partial charge in [0.25, 0.3) is 0 Å². The molecule has 4 amide bonds. The van der Waals surface area contributed by atoms with E-state index in [1.165, 1.54) is 25.7 Å². The molecule has 0 radical (unpaired) electrons. The van der Waals surface area contributed by atoms with Crippen molar-refractivity contribution in [2.75, 3.05) is 36.2 Å². The predicted octanol–water partition coefficient (Wildman–Crippen LogP) is 6.77. The van der Waals surface area contributed by atoms with E-state index in [4.69, 9.17) is 9.47 Å². The van der Waals surface area contributed by atoms with Crippen molar-refractivity contribution < 1.29 is 45.5 Å². The number of carbonyl (C=O) groups is 4. The lowest BCUT2D eigenvalue weighted by atomic mass is 9.95. The first-order chi connectivity index (χ1) is 28.6. The van der Waals surface area contributed by atoms with Crippen LogP contribution in [0.15, 0.2) is 72.8 Å². The second-order valence-corrected chi connectivity index (χ2v) is 21.4. The Labute approximate surface area is 356 Å². The lowest BCUT2D eigenvalue weighted by Crippen LogP contribution is -2.40. The monoisotopic (exact) mass is 866 g/mol. The molecule has 2 aromatic rings. The van der Waals surface area contributed by atoms with Gasteiger partial charge in [-0.05, 0) is 123 Å². The lowest BCUT2D eigenvalue weighted by molar-refractivity contribution is -0.137. The number of imide groups is 2. The molecule has 0 bridgehead atoms.